The molecule has 0 aromatic heterocycles. The fraction of sp³-hybridized carbons (Fsp3) is 0. The lowest BCUT2D eigenvalue weighted by Gasteiger charge is -1.44. The van der Waals surface area contributed by atoms with Crippen LogP contribution in [-0.4, -0.2) is 0 Å². The smallest absolute Gasteiger partial charge is 0.0905 e. The largest absolute Gasteiger partial charge is 0.193 e. The second kappa shape index (κ2) is 16.0. The van der Waals surface area contributed by atoms with Gasteiger partial charge in [0.25, 0.3) is 0 Å². The van der Waals surface area contributed by atoms with E-state index in [2.05, 4.69) is 6.58 Å². The summed E-state index contributed by atoms with van der Waals surface area (Å²) in [7, 11) is 0. The van der Waals surface area contributed by atoms with Crippen LogP contribution >= 0.6 is 23.2 Å². The fourth-order valence-electron chi connectivity index (χ4n) is 0. The lowest BCUT2D eigenvalue weighted by molar-refractivity contribution is 1.54. The molecule has 0 saturated heterocycles. The number of rotatable bonds is 0. The zero-order chi connectivity index (χ0) is 6.83. The van der Waals surface area contributed by atoms with Crippen molar-refractivity contribution in [3.8, 4) is 6.07 Å². The highest BCUT2D eigenvalue weighted by Crippen LogP contribution is 1.78. The van der Waals surface area contributed by atoms with Gasteiger partial charge in [-0.2, -0.15) is 5.26 Å². The molecule has 0 aromatic rings. The van der Waals surface area contributed by atoms with Gasteiger partial charge in [-0.1, -0.05) is 29.8 Å². The standard InChI is InChI=1S/C3H3N.C2H2Cl2/c1-2-3-4;3-1-2-4/h2H,1H2;1-2H. The van der Waals surface area contributed by atoms with Crippen LogP contribution in [0.25, 0.3) is 0 Å². The number of nitriles is 1. The molecule has 0 spiro atoms. The Morgan fingerprint density at radius 1 is 1.38 bits per heavy atom. The molecule has 1 nitrogen and oxygen atoms in total. The first-order valence-corrected chi connectivity index (χ1v) is 2.56. The second-order valence-electron chi connectivity index (χ2n) is 0.585. The first-order chi connectivity index (χ1) is 3.83. The van der Waals surface area contributed by atoms with Crippen molar-refractivity contribution >= 4 is 23.2 Å². The van der Waals surface area contributed by atoms with Gasteiger partial charge in [0.2, 0.25) is 0 Å². The van der Waals surface area contributed by atoms with E-state index < -0.39 is 0 Å². The maximum absolute atomic E-state index is 7.51. The minimum atomic E-state index is 1.18. The van der Waals surface area contributed by atoms with Gasteiger partial charge < -0.3 is 0 Å². The Hall–Kier alpha value is -0.450. The first-order valence-electron chi connectivity index (χ1n) is 1.69. The van der Waals surface area contributed by atoms with Crippen molar-refractivity contribution in [3.05, 3.63) is 23.7 Å². The van der Waals surface area contributed by atoms with E-state index in [-0.39, 0.29) is 0 Å². The first kappa shape index (κ1) is 10.5. The van der Waals surface area contributed by atoms with Crippen molar-refractivity contribution in [2.24, 2.45) is 0 Å². The molecule has 0 bridgehead atoms. The van der Waals surface area contributed by atoms with E-state index >= 15 is 0 Å². The highest BCUT2D eigenvalue weighted by atomic mass is 35.5. The monoisotopic (exact) mass is 149 g/mol. The molecule has 44 valence electrons. The molecule has 0 aliphatic heterocycles. The average molecular weight is 150 g/mol. The summed E-state index contributed by atoms with van der Waals surface area (Å²) in [5.41, 5.74) is 2.48. The van der Waals surface area contributed by atoms with Crippen molar-refractivity contribution in [2.45, 2.75) is 0 Å². The summed E-state index contributed by atoms with van der Waals surface area (Å²) < 4.78 is 0. The zero-order valence-electron chi connectivity index (χ0n) is 4.14. The van der Waals surface area contributed by atoms with Gasteiger partial charge in [0.15, 0.2) is 0 Å². The maximum Gasteiger partial charge on any atom is 0.0905 e. The zero-order valence-corrected chi connectivity index (χ0v) is 5.65. The van der Waals surface area contributed by atoms with Crippen LogP contribution in [0.3, 0.4) is 0 Å². The van der Waals surface area contributed by atoms with Crippen molar-refractivity contribution in [2.75, 3.05) is 0 Å². The molecule has 8 heavy (non-hydrogen) atoms. The molecule has 0 aliphatic rings. The summed E-state index contributed by atoms with van der Waals surface area (Å²) >= 11 is 9.75. The van der Waals surface area contributed by atoms with Crippen LogP contribution in [0.1, 0.15) is 0 Å². The number of hydrogen-bond donors (Lipinski definition) is 0. The van der Waals surface area contributed by atoms with E-state index in [1.165, 1.54) is 17.1 Å². The Labute approximate surface area is 58.8 Å². The maximum atomic E-state index is 7.51. The van der Waals surface area contributed by atoms with Crippen LogP contribution in [0.4, 0.5) is 0 Å². The van der Waals surface area contributed by atoms with Crippen LogP contribution in [0, 0.1) is 11.3 Å². The number of allylic oxidation sites excluding steroid dienone is 1. The van der Waals surface area contributed by atoms with E-state index in [4.69, 9.17) is 28.5 Å². The van der Waals surface area contributed by atoms with Gasteiger partial charge in [-0.15, -0.1) is 0 Å². The van der Waals surface area contributed by atoms with Gasteiger partial charge in [0.05, 0.1) is 6.07 Å². The summed E-state index contributed by atoms with van der Waals surface area (Å²) in [6.07, 6.45) is 1.18. The Morgan fingerprint density at radius 3 is 1.62 bits per heavy atom. The summed E-state index contributed by atoms with van der Waals surface area (Å²) in [5, 5.41) is 7.51. The van der Waals surface area contributed by atoms with E-state index in [9.17, 15) is 0 Å². The third kappa shape index (κ3) is 47.8. The van der Waals surface area contributed by atoms with Crippen LogP contribution in [-0.2, 0) is 0 Å². The Bertz CT molecular complexity index is 97.5. The molecule has 0 heterocycles. The summed E-state index contributed by atoms with van der Waals surface area (Å²) in [6.45, 7) is 3.12. The molecule has 3 heteroatoms. The molecular weight excluding hydrogens is 145 g/mol. The fourth-order valence-corrected chi connectivity index (χ4v) is 0. The van der Waals surface area contributed by atoms with Crippen molar-refractivity contribution in [3.63, 3.8) is 0 Å². The Balaban J connectivity index is 0. The van der Waals surface area contributed by atoms with E-state index in [1.54, 1.807) is 6.07 Å². The third-order valence-electron chi connectivity index (χ3n) is 0.139. The molecule has 0 N–H and O–H groups in total. The normalized spacial score (nSPS) is 6.62. The van der Waals surface area contributed by atoms with Crippen molar-refractivity contribution < 1.29 is 0 Å². The van der Waals surface area contributed by atoms with E-state index in [0.717, 1.165) is 0 Å². The lowest BCUT2D eigenvalue weighted by Crippen LogP contribution is -1.23. The predicted octanol–water partition coefficient (Wildman–Crippen LogP) is 2.63. The third-order valence-corrected chi connectivity index (χ3v) is 0.520. The average Bonchev–Trinajstić information content (AvgIpc) is 1.88. The van der Waals surface area contributed by atoms with Crippen LogP contribution in [0.15, 0.2) is 23.7 Å². The molecule has 0 fully saturated rings. The molecule has 0 atom stereocenters. The SMILES string of the molecule is C=CC#N.ClC=CCl. The van der Waals surface area contributed by atoms with Crippen LogP contribution in [0.5, 0.6) is 0 Å². The lowest BCUT2D eigenvalue weighted by atomic mass is 10.8. The molecule has 0 aromatic carbocycles. The van der Waals surface area contributed by atoms with Crippen LogP contribution < -0.4 is 0 Å². The predicted molar refractivity (Wildman–Crippen MR) is 36.7 cm³/mol. The Morgan fingerprint density at radius 2 is 1.62 bits per heavy atom. The minimum absolute atomic E-state index is 1.18. The van der Waals surface area contributed by atoms with Gasteiger partial charge in [-0.3, -0.25) is 0 Å². The van der Waals surface area contributed by atoms with E-state index in [1.807, 2.05) is 0 Å². The molecule has 0 amide bonds. The highest BCUT2D eigenvalue weighted by Gasteiger charge is 1.40. The molecule has 0 radical (unpaired) electrons. The molecule has 0 rings (SSSR count). The quantitative estimate of drug-likeness (QED) is 0.487. The highest BCUT2D eigenvalue weighted by molar-refractivity contribution is 6.33. The summed E-state index contributed by atoms with van der Waals surface area (Å²) in [6, 6.07) is 1.69. The van der Waals surface area contributed by atoms with Gasteiger partial charge in [-0.25, -0.2) is 0 Å². The number of nitrogens with zero attached hydrogens (tertiary/aromatic N) is 1. The van der Waals surface area contributed by atoms with Crippen molar-refractivity contribution in [1.82, 2.24) is 0 Å². The number of halogens is 2. The molecule has 0 saturated carbocycles. The molecule has 0 unspecified atom stereocenters. The minimum Gasteiger partial charge on any atom is -0.193 e. The molecule has 0 aliphatic carbocycles. The van der Waals surface area contributed by atoms with Crippen molar-refractivity contribution in [1.29, 1.82) is 5.26 Å². The second-order valence-corrected chi connectivity index (χ2v) is 1.09. The van der Waals surface area contributed by atoms with E-state index in [0.29, 0.717) is 0 Å². The number of hydrogen-bond acceptors (Lipinski definition) is 1. The van der Waals surface area contributed by atoms with Gasteiger partial charge in [-0.05, 0) is 0 Å². The Kier molecular flexibility index (Phi) is 21.0. The topological polar surface area (TPSA) is 23.8 Å². The summed E-state index contributed by atoms with van der Waals surface area (Å²) in [4.78, 5) is 0. The molecular formula is C5H5Cl2N. The van der Waals surface area contributed by atoms with Crippen LogP contribution in [0.2, 0.25) is 0 Å². The van der Waals surface area contributed by atoms with Gasteiger partial charge in [0, 0.05) is 17.1 Å². The van der Waals surface area contributed by atoms with Gasteiger partial charge >= 0.3 is 0 Å². The summed E-state index contributed by atoms with van der Waals surface area (Å²) in [5.74, 6) is 0. The van der Waals surface area contributed by atoms with Gasteiger partial charge in [0.1, 0.15) is 0 Å².